The third kappa shape index (κ3) is 3.81. The highest BCUT2D eigenvalue weighted by molar-refractivity contribution is 14.1. The molecular formula is C13H10ClIN2O2. The molecule has 0 spiro atoms. The van der Waals surface area contributed by atoms with E-state index in [2.05, 4.69) is 27.9 Å². The summed E-state index contributed by atoms with van der Waals surface area (Å²) in [6, 6.07) is 12.2. The van der Waals surface area contributed by atoms with Gasteiger partial charge in [0.2, 0.25) is 0 Å². The Morgan fingerprint density at radius 3 is 2.74 bits per heavy atom. The molecule has 0 aliphatic heterocycles. The number of halogens is 2. The Balaban J connectivity index is 2.10. The Morgan fingerprint density at radius 2 is 2.05 bits per heavy atom. The van der Waals surface area contributed by atoms with Crippen LogP contribution in [-0.2, 0) is 6.54 Å². The zero-order valence-electron chi connectivity index (χ0n) is 9.77. The summed E-state index contributed by atoms with van der Waals surface area (Å²) in [6.07, 6.45) is 0. The number of rotatable bonds is 4. The molecule has 2 aromatic carbocycles. The molecule has 2 aromatic rings. The summed E-state index contributed by atoms with van der Waals surface area (Å²) >= 11 is 8.29. The second-order valence-corrected chi connectivity index (χ2v) is 5.56. The van der Waals surface area contributed by atoms with Crippen LogP contribution >= 0.6 is 34.2 Å². The van der Waals surface area contributed by atoms with E-state index in [-0.39, 0.29) is 5.69 Å². The van der Waals surface area contributed by atoms with Gasteiger partial charge in [-0.2, -0.15) is 0 Å². The van der Waals surface area contributed by atoms with Crippen molar-refractivity contribution in [2.75, 3.05) is 5.32 Å². The predicted molar refractivity (Wildman–Crippen MR) is 84.6 cm³/mol. The highest BCUT2D eigenvalue weighted by Crippen LogP contribution is 2.24. The van der Waals surface area contributed by atoms with Gasteiger partial charge in [0.1, 0.15) is 0 Å². The maximum atomic E-state index is 10.7. The minimum Gasteiger partial charge on any atom is -0.380 e. The molecule has 0 unspecified atom stereocenters. The Labute approximate surface area is 129 Å². The van der Waals surface area contributed by atoms with E-state index in [1.165, 1.54) is 6.07 Å². The van der Waals surface area contributed by atoms with Crippen LogP contribution in [0.25, 0.3) is 0 Å². The van der Waals surface area contributed by atoms with Crippen molar-refractivity contribution in [2.45, 2.75) is 6.54 Å². The molecule has 0 aromatic heterocycles. The minimum absolute atomic E-state index is 0.0907. The molecule has 98 valence electrons. The second-order valence-electron chi connectivity index (χ2n) is 3.90. The highest BCUT2D eigenvalue weighted by Gasteiger charge is 2.06. The molecule has 0 fully saturated rings. The molecule has 4 nitrogen and oxygen atoms in total. The predicted octanol–water partition coefficient (Wildman–Crippen LogP) is 4.46. The third-order valence-electron chi connectivity index (χ3n) is 2.54. The Bertz CT molecular complexity index is 619. The SMILES string of the molecule is O=[N+]([O-])c1cccc(CNc2ccc(I)cc2Cl)c1. The molecule has 2 rings (SSSR count). The van der Waals surface area contributed by atoms with Gasteiger partial charge in [0.15, 0.2) is 0 Å². The number of nitrogens with one attached hydrogen (secondary N) is 1. The van der Waals surface area contributed by atoms with Crippen LogP contribution in [0.5, 0.6) is 0 Å². The van der Waals surface area contributed by atoms with Gasteiger partial charge in [-0.05, 0) is 46.4 Å². The molecule has 0 heterocycles. The van der Waals surface area contributed by atoms with E-state index in [4.69, 9.17) is 11.6 Å². The van der Waals surface area contributed by atoms with Crippen LogP contribution in [0.15, 0.2) is 42.5 Å². The van der Waals surface area contributed by atoms with E-state index in [1.54, 1.807) is 12.1 Å². The molecule has 0 amide bonds. The number of hydrogen-bond acceptors (Lipinski definition) is 3. The topological polar surface area (TPSA) is 55.2 Å². The molecule has 0 saturated heterocycles. The highest BCUT2D eigenvalue weighted by atomic mass is 127. The van der Waals surface area contributed by atoms with Crippen LogP contribution in [-0.4, -0.2) is 4.92 Å². The lowest BCUT2D eigenvalue weighted by atomic mass is 10.2. The van der Waals surface area contributed by atoms with Gasteiger partial charge in [-0.3, -0.25) is 10.1 Å². The largest absolute Gasteiger partial charge is 0.380 e. The molecule has 1 N–H and O–H groups in total. The fraction of sp³-hybridized carbons (Fsp3) is 0.0769. The van der Waals surface area contributed by atoms with Crippen LogP contribution < -0.4 is 5.32 Å². The molecule has 0 atom stereocenters. The number of nitro groups is 1. The molecule has 0 saturated carbocycles. The van der Waals surface area contributed by atoms with Crippen LogP contribution in [0.1, 0.15) is 5.56 Å². The van der Waals surface area contributed by atoms with Crippen LogP contribution in [0.2, 0.25) is 5.02 Å². The molecule has 0 aliphatic carbocycles. The summed E-state index contributed by atoms with van der Waals surface area (Å²) in [6.45, 7) is 0.488. The van der Waals surface area contributed by atoms with Crippen LogP contribution in [0.3, 0.4) is 0 Å². The van der Waals surface area contributed by atoms with E-state index < -0.39 is 4.92 Å². The van der Waals surface area contributed by atoms with Crippen molar-refractivity contribution in [1.29, 1.82) is 0 Å². The fourth-order valence-corrected chi connectivity index (χ4v) is 2.53. The van der Waals surface area contributed by atoms with Gasteiger partial charge in [0.05, 0.1) is 15.6 Å². The van der Waals surface area contributed by atoms with Crippen molar-refractivity contribution >= 4 is 45.6 Å². The average Bonchev–Trinajstić information content (AvgIpc) is 2.38. The summed E-state index contributed by atoms with van der Waals surface area (Å²) in [5.74, 6) is 0. The first-order valence-electron chi connectivity index (χ1n) is 5.48. The smallest absolute Gasteiger partial charge is 0.269 e. The Hall–Kier alpha value is -1.34. The summed E-state index contributed by atoms with van der Waals surface area (Å²) in [5.41, 5.74) is 1.74. The quantitative estimate of drug-likeness (QED) is 0.478. The average molecular weight is 389 g/mol. The van der Waals surface area contributed by atoms with Crippen molar-refractivity contribution in [3.05, 3.63) is 66.7 Å². The summed E-state index contributed by atoms with van der Waals surface area (Å²) in [7, 11) is 0. The van der Waals surface area contributed by atoms with Crippen LogP contribution in [0.4, 0.5) is 11.4 Å². The maximum Gasteiger partial charge on any atom is 0.269 e. The standard InChI is InChI=1S/C13H10ClIN2O2/c14-12-7-10(15)4-5-13(12)16-8-9-2-1-3-11(6-9)17(18)19/h1-7,16H,8H2. The van der Waals surface area contributed by atoms with E-state index in [0.717, 1.165) is 14.8 Å². The number of hydrogen-bond donors (Lipinski definition) is 1. The molecule has 0 radical (unpaired) electrons. The number of nitrogens with zero attached hydrogens (tertiary/aromatic N) is 1. The second kappa shape index (κ2) is 6.21. The molecule has 6 heteroatoms. The molecule has 19 heavy (non-hydrogen) atoms. The van der Waals surface area contributed by atoms with Gasteiger partial charge in [-0.15, -0.1) is 0 Å². The molecular weight excluding hydrogens is 379 g/mol. The first-order valence-corrected chi connectivity index (χ1v) is 6.94. The zero-order valence-corrected chi connectivity index (χ0v) is 12.7. The fourth-order valence-electron chi connectivity index (χ4n) is 1.61. The summed E-state index contributed by atoms with van der Waals surface area (Å²) < 4.78 is 1.06. The van der Waals surface area contributed by atoms with Gasteiger partial charge in [0.25, 0.3) is 5.69 Å². The number of benzene rings is 2. The number of non-ortho nitro benzene ring substituents is 1. The summed E-state index contributed by atoms with van der Waals surface area (Å²) in [4.78, 5) is 10.3. The van der Waals surface area contributed by atoms with Crippen molar-refractivity contribution in [1.82, 2.24) is 0 Å². The minimum atomic E-state index is -0.401. The zero-order chi connectivity index (χ0) is 13.8. The van der Waals surface area contributed by atoms with Gasteiger partial charge in [0, 0.05) is 22.2 Å². The lowest BCUT2D eigenvalue weighted by Crippen LogP contribution is -2.00. The van der Waals surface area contributed by atoms with E-state index in [9.17, 15) is 10.1 Å². The van der Waals surface area contributed by atoms with Gasteiger partial charge < -0.3 is 5.32 Å². The summed E-state index contributed by atoms with van der Waals surface area (Å²) in [5, 5.41) is 14.5. The lowest BCUT2D eigenvalue weighted by Gasteiger charge is -2.08. The van der Waals surface area contributed by atoms with Crippen molar-refractivity contribution < 1.29 is 4.92 Å². The number of nitro benzene ring substituents is 1. The Kier molecular flexibility index (Phi) is 4.60. The first kappa shape index (κ1) is 14.1. The van der Waals surface area contributed by atoms with Gasteiger partial charge in [-0.25, -0.2) is 0 Å². The van der Waals surface area contributed by atoms with Crippen molar-refractivity contribution in [2.24, 2.45) is 0 Å². The number of anilines is 1. The lowest BCUT2D eigenvalue weighted by molar-refractivity contribution is -0.384. The maximum absolute atomic E-state index is 10.7. The monoisotopic (exact) mass is 388 g/mol. The third-order valence-corrected chi connectivity index (χ3v) is 3.52. The molecule has 0 aliphatic rings. The first-order chi connectivity index (χ1) is 9.06. The normalized spacial score (nSPS) is 10.2. The van der Waals surface area contributed by atoms with Gasteiger partial charge in [-0.1, -0.05) is 23.7 Å². The van der Waals surface area contributed by atoms with E-state index >= 15 is 0 Å². The van der Waals surface area contributed by atoms with Crippen LogP contribution in [0, 0.1) is 13.7 Å². The molecule has 0 bridgehead atoms. The van der Waals surface area contributed by atoms with Crippen molar-refractivity contribution in [3.8, 4) is 0 Å². The van der Waals surface area contributed by atoms with Crippen molar-refractivity contribution in [3.63, 3.8) is 0 Å². The Morgan fingerprint density at radius 1 is 1.26 bits per heavy atom. The van der Waals surface area contributed by atoms with Gasteiger partial charge >= 0.3 is 0 Å². The van der Waals surface area contributed by atoms with E-state index in [0.29, 0.717) is 11.6 Å². The van der Waals surface area contributed by atoms with E-state index in [1.807, 2.05) is 24.3 Å².